The van der Waals surface area contributed by atoms with E-state index in [0.29, 0.717) is 0 Å². The Labute approximate surface area is 114 Å². The Balaban J connectivity index is 2.73. The summed E-state index contributed by atoms with van der Waals surface area (Å²) in [5.41, 5.74) is 0.218. The molecule has 8 heteroatoms. The number of halogens is 1. The molecule has 2 unspecified atom stereocenters. The van der Waals surface area contributed by atoms with Crippen molar-refractivity contribution in [3.8, 4) is 5.75 Å². The molecule has 7 nitrogen and oxygen atoms in total. The highest BCUT2D eigenvalue weighted by molar-refractivity contribution is 5.92. The molecule has 0 aliphatic rings. The van der Waals surface area contributed by atoms with Gasteiger partial charge in [-0.05, 0) is 19.1 Å². The van der Waals surface area contributed by atoms with Crippen molar-refractivity contribution in [2.24, 2.45) is 0 Å². The van der Waals surface area contributed by atoms with Crippen molar-refractivity contribution in [3.63, 3.8) is 0 Å². The van der Waals surface area contributed by atoms with Gasteiger partial charge in [0.2, 0.25) is 0 Å². The fourth-order valence-corrected chi connectivity index (χ4v) is 1.43. The highest BCUT2D eigenvalue weighted by Crippen LogP contribution is 2.21. The molecule has 0 saturated heterocycles. The quantitative estimate of drug-likeness (QED) is 0.640. The molecule has 1 aromatic carbocycles. The lowest BCUT2D eigenvalue weighted by Crippen LogP contribution is -2.49. The Morgan fingerprint density at radius 3 is 2.55 bits per heavy atom. The lowest BCUT2D eigenvalue weighted by molar-refractivity contribution is -0.141. The predicted molar refractivity (Wildman–Crippen MR) is 68.2 cm³/mol. The molecule has 0 radical (unpaired) electrons. The number of nitrogens with one attached hydrogen (secondary N) is 2. The number of rotatable bonds is 5. The van der Waals surface area contributed by atoms with Crippen LogP contribution in [0.1, 0.15) is 6.92 Å². The van der Waals surface area contributed by atoms with Crippen LogP contribution in [0, 0.1) is 5.82 Å². The maximum absolute atomic E-state index is 13.2. The zero-order chi connectivity index (χ0) is 15.3. The number of ether oxygens (including phenoxy) is 1. The van der Waals surface area contributed by atoms with E-state index in [1.54, 1.807) is 0 Å². The summed E-state index contributed by atoms with van der Waals surface area (Å²) in [4.78, 5) is 22.4. The van der Waals surface area contributed by atoms with Crippen molar-refractivity contribution >= 4 is 17.7 Å². The van der Waals surface area contributed by atoms with Crippen molar-refractivity contribution < 1.29 is 28.9 Å². The molecule has 2 atom stereocenters. The van der Waals surface area contributed by atoms with Crippen LogP contribution in [0.25, 0.3) is 0 Å². The molecule has 0 bridgehead atoms. The van der Waals surface area contributed by atoms with Crippen LogP contribution >= 0.6 is 0 Å². The van der Waals surface area contributed by atoms with Gasteiger partial charge in [0.25, 0.3) is 0 Å². The number of aliphatic hydroxyl groups is 1. The van der Waals surface area contributed by atoms with E-state index in [2.05, 4.69) is 10.6 Å². The lowest BCUT2D eigenvalue weighted by atomic mass is 10.2. The Bertz CT molecular complexity index is 507. The van der Waals surface area contributed by atoms with Gasteiger partial charge in [0.1, 0.15) is 0 Å². The van der Waals surface area contributed by atoms with Crippen LogP contribution < -0.4 is 15.4 Å². The number of benzene rings is 1. The molecule has 0 heterocycles. The summed E-state index contributed by atoms with van der Waals surface area (Å²) in [6.07, 6.45) is -1.26. The van der Waals surface area contributed by atoms with Crippen LogP contribution in [-0.2, 0) is 4.79 Å². The van der Waals surface area contributed by atoms with Gasteiger partial charge in [-0.25, -0.2) is 14.0 Å². The van der Waals surface area contributed by atoms with Crippen LogP contribution in [0.4, 0.5) is 14.9 Å². The Morgan fingerprint density at radius 2 is 2.05 bits per heavy atom. The minimum atomic E-state index is -1.45. The fourth-order valence-electron chi connectivity index (χ4n) is 1.43. The summed E-state index contributed by atoms with van der Waals surface area (Å²) in [5.74, 6) is -2.02. The normalized spacial score (nSPS) is 13.2. The number of amides is 2. The Kier molecular flexibility index (Phi) is 5.27. The van der Waals surface area contributed by atoms with Crippen LogP contribution in [0.2, 0.25) is 0 Å². The average molecular weight is 286 g/mol. The van der Waals surface area contributed by atoms with E-state index in [4.69, 9.17) is 9.84 Å². The molecule has 1 aromatic rings. The van der Waals surface area contributed by atoms with Gasteiger partial charge in [-0.1, -0.05) is 0 Å². The number of aliphatic carboxylic acids is 1. The summed E-state index contributed by atoms with van der Waals surface area (Å²) in [6.45, 7) is 1.24. The number of urea groups is 1. The molecule has 0 saturated carbocycles. The van der Waals surface area contributed by atoms with Gasteiger partial charge in [-0.3, -0.25) is 0 Å². The van der Waals surface area contributed by atoms with Crippen LogP contribution in [0.15, 0.2) is 18.2 Å². The van der Waals surface area contributed by atoms with E-state index >= 15 is 0 Å². The summed E-state index contributed by atoms with van der Waals surface area (Å²) in [7, 11) is 1.27. The minimum absolute atomic E-state index is 0.0619. The third-order valence-corrected chi connectivity index (χ3v) is 2.44. The first kappa shape index (κ1) is 15.7. The van der Waals surface area contributed by atoms with E-state index < -0.39 is 30.0 Å². The van der Waals surface area contributed by atoms with Gasteiger partial charge in [-0.2, -0.15) is 0 Å². The monoisotopic (exact) mass is 286 g/mol. The number of carbonyl (C=O) groups excluding carboxylic acids is 1. The molecule has 1 rings (SSSR count). The molecule has 0 aliphatic heterocycles. The van der Waals surface area contributed by atoms with Crippen LogP contribution in [0.3, 0.4) is 0 Å². The molecule has 0 fully saturated rings. The summed E-state index contributed by atoms with van der Waals surface area (Å²) >= 11 is 0. The van der Waals surface area contributed by atoms with E-state index in [1.165, 1.54) is 26.2 Å². The van der Waals surface area contributed by atoms with Crippen molar-refractivity contribution in [1.29, 1.82) is 0 Å². The van der Waals surface area contributed by atoms with Gasteiger partial charge in [0.15, 0.2) is 17.6 Å². The molecule has 0 aliphatic carbocycles. The molecule has 0 spiro atoms. The highest BCUT2D eigenvalue weighted by atomic mass is 19.1. The van der Waals surface area contributed by atoms with Gasteiger partial charge >= 0.3 is 12.0 Å². The fraction of sp³-hybridized carbons (Fsp3) is 0.333. The maximum Gasteiger partial charge on any atom is 0.328 e. The molecular formula is C12H15FN2O5. The van der Waals surface area contributed by atoms with Crippen LogP contribution in [-0.4, -0.2) is 41.5 Å². The topological polar surface area (TPSA) is 108 Å². The third kappa shape index (κ3) is 4.09. The smallest absolute Gasteiger partial charge is 0.328 e. The van der Waals surface area contributed by atoms with Gasteiger partial charge in [0.05, 0.1) is 13.2 Å². The number of hydrogen-bond acceptors (Lipinski definition) is 4. The van der Waals surface area contributed by atoms with Crippen molar-refractivity contribution in [2.75, 3.05) is 12.4 Å². The van der Waals surface area contributed by atoms with Gasteiger partial charge in [0, 0.05) is 11.8 Å². The Hall–Kier alpha value is -2.35. The summed E-state index contributed by atoms with van der Waals surface area (Å²) in [6, 6.07) is 1.34. The number of carboxylic acid groups (broad SMARTS) is 1. The zero-order valence-corrected chi connectivity index (χ0v) is 10.9. The number of hydrogen-bond donors (Lipinski definition) is 4. The second kappa shape index (κ2) is 6.71. The summed E-state index contributed by atoms with van der Waals surface area (Å²) in [5, 5.41) is 22.4. The van der Waals surface area contributed by atoms with Crippen molar-refractivity contribution in [1.82, 2.24) is 5.32 Å². The second-order valence-corrected chi connectivity index (χ2v) is 4.00. The summed E-state index contributed by atoms with van der Waals surface area (Å²) < 4.78 is 17.9. The van der Waals surface area contributed by atoms with E-state index in [-0.39, 0.29) is 11.4 Å². The molecular weight excluding hydrogens is 271 g/mol. The number of anilines is 1. The highest BCUT2D eigenvalue weighted by Gasteiger charge is 2.24. The maximum atomic E-state index is 13.2. The molecule has 20 heavy (non-hydrogen) atoms. The van der Waals surface area contributed by atoms with Gasteiger partial charge < -0.3 is 25.6 Å². The molecule has 4 N–H and O–H groups in total. The standard InChI is InChI=1S/C12H15FN2O5/c1-6(16)10(11(17)18)15-12(19)14-7-3-4-8(13)9(5-7)20-2/h3-6,10,16H,1-2H3,(H,17,18)(H2,14,15,19). The molecule has 0 aromatic heterocycles. The largest absolute Gasteiger partial charge is 0.494 e. The van der Waals surface area contributed by atoms with Crippen LogP contribution in [0.5, 0.6) is 5.75 Å². The average Bonchev–Trinajstić information content (AvgIpc) is 2.37. The third-order valence-electron chi connectivity index (χ3n) is 2.44. The minimum Gasteiger partial charge on any atom is -0.494 e. The number of aliphatic hydroxyl groups excluding tert-OH is 1. The Morgan fingerprint density at radius 1 is 1.40 bits per heavy atom. The first-order chi connectivity index (χ1) is 9.35. The lowest BCUT2D eigenvalue weighted by Gasteiger charge is -2.17. The zero-order valence-electron chi connectivity index (χ0n) is 10.9. The molecule has 110 valence electrons. The van der Waals surface area contributed by atoms with E-state index in [0.717, 1.165) is 6.07 Å². The first-order valence-corrected chi connectivity index (χ1v) is 5.67. The van der Waals surface area contributed by atoms with E-state index in [1.807, 2.05) is 0 Å². The van der Waals surface area contributed by atoms with E-state index in [9.17, 15) is 19.1 Å². The second-order valence-electron chi connectivity index (χ2n) is 4.00. The van der Waals surface area contributed by atoms with Gasteiger partial charge in [-0.15, -0.1) is 0 Å². The first-order valence-electron chi connectivity index (χ1n) is 5.67. The van der Waals surface area contributed by atoms with Crippen molar-refractivity contribution in [2.45, 2.75) is 19.1 Å². The molecule has 2 amide bonds. The SMILES string of the molecule is COc1cc(NC(=O)NC(C(=O)O)C(C)O)ccc1F. The van der Waals surface area contributed by atoms with Crippen molar-refractivity contribution in [3.05, 3.63) is 24.0 Å². The number of carboxylic acids is 1. The predicted octanol–water partition coefficient (Wildman–Crippen LogP) is 0.790. The number of methoxy groups -OCH3 is 1. The number of carbonyl (C=O) groups is 2.